The summed E-state index contributed by atoms with van der Waals surface area (Å²) in [5.74, 6) is -4.08. The van der Waals surface area contributed by atoms with E-state index in [-0.39, 0.29) is 0 Å². The second-order valence-corrected chi connectivity index (χ2v) is 5.09. The van der Waals surface area contributed by atoms with Crippen molar-refractivity contribution in [2.24, 2.45) is 0 Å². The molecule has 0 amide bonds. The van der Waals surface area contributed by atoms with Crippen molar-refractivity contribution in [3.05, 3.63) is 24.3 Å². The average Bonchev–Trinajstić information content (AvgIpc) is 2.52. The molecule has 1 fully saturated rings. The zero-order valence-corrected chi connectivity index (χ0v) is 12.4. The highest BCUT2D eigenvalue weighted by Gasteiger charge is 2.41. The fourth-order valence-corrected chi connectivity index (χ4v) is 2.25. The van der Waals surface area contributed by atoms with E-state index in [0.29, 0.717) is 31.6 Å². The second kappa shape index (κ2) is 7.45. The van der Waals surface area contributed by atoms with Crippen LogP contribution in [0.1, 0.15) is 12.8 Å². The number of pyridine rings is 1. The Labute approximate surface area is 134 Å². The Morgan fingerprint density at radius 1 is 1.29 bits per heavy atom. The minimum Gasteiger partial charge on any atom is -0.460 e. The molecule has 0 saturated carbocycles. The molecular weight excluding hydrogens is 336 g/mol. The molecule has 0 aromatic carbocycles. The molecule has 6 nitrogen and oxygen atoms in total. The number of hydrogen-bond acceptors (Lipinski definition) is 6. The standard InChI is InChI=1S/C14H14F4N2O4/c15-11-7-9(1-4-19-11)20-5-2-10(3-6-20)24-12(21)8-23-13(22)14(16,17)18/h1,4,7,10H,2-3,5-6,8H2. The third kappa shape index (κ3) is 5.07. The zero-order chi connectivity index (χ0) is 17.7. The van der Waals surface area contributed by atoms with Crippen LogP contribution in [0.2, 0.25) is 0 Å². The van der Waals surface area contributed by atoms with Gasteiger partial charge < -0.3 is 14.4 Å². The van der Waals surface area contributed by atoms with Gasteiger partial charge in [0.2, 0.25) is 5.95 Å². The Balaban J connectivity index is 1.75. The molecule has 2 rings (SSSR count). The van der Waals surface area contributed by atoms with Gasteiger partial charge in [-0.2, -0.15) is 17.6 Å². The molecule has 0 aliphatic carbocycles. The van der Waals surface area contributed by atoms with Crippen LogP contribution in [0.15, 0.2) is 18.3 Å². The normalized spacial score (nSPS) is 15.9. The zero-order valence-electron chi connectivity index (χ0n) is 12.4. The van der Waals surface area contributed by atoms with Crippen molar-refractivity contribution < 1.29 is 36.6 Å². The van der Waals surface area contributed by atoms with Crippen molar-refractivity contribution in [1.29, 1.82) is 0 Å². The van der Waals surface area contributed by atoms with Gasteiger partial charge in [-0.05, 0) is 6.07 Å². The van der Waals surface area contributed by atoms with Gasteiger partial charge >= 0.3 is 18.1 Å². The lowest BCUT2D eigenvalue weighted by Crippen LogP contribution is -2.38. The van der Waals surface area contributed by atoms with Gasteiger partial charge in [0.1, 0.15) is 6.10 Å². The maximum atomic E-state index is 13.1. The minimum absolute atomic E-state index is 0.420. The molecule has 1 aromatic rings. The van der Waals surface area contributed by atoms with Gasteiger partial charge in [0.25, 0.3) is 0 Å². The van der Waals surface area contributed by atoms with Crippen LogP contribution in [0.4, 0.5) is 23.2 Å². The predicted molar refractivity (Wildman–Crippen MR) is 72.5 cm³/mol. The number of rotatable bonds is 4. The molecule has 132 valence electrons. The predicted octanol–water partition coefficient (Wildman–Crippen LogP) is 1.84. The first-order valence-electron chi connectivity index (χ1n) is 7.05. The number of nitrogens with zero attached hydrogens (tertiary/aromatic N) is 2. The molecule has 1 aliphatic heterocycles. The lowest BCUT2D eigenvalue weighted by Gasteiger charge is -2.33. The molecule has 0 N–H and O–H groups in total. The summed E-state index contributed by atoms with van der Waals surface area (Å²) >= 11 is 0. The van der Waals surface area contributed by atoms with Gasteiger partial charge in [-0.1, -0.05) is 0 Å². The number of hydrogen-bond donors (Lipinski definition) is 0. The van der Waals surface area contributed by atoms with Gasteiger partial charge in [-0.3, -0.25) is 0 Å². The van der Waals surface area contributed by atoms with E-state index in [2.05, 4.69) is 9.72 Å². The minimum atomic E-state index is -5.15. The van der Waals surface area contributed by atoms with Crippen molar-refractivity contribution in [3.8, 4) is 0 Å². The molecule has 1 saturated heterocycles. The Kier molecular flexibility index (Phi) is 5.58. The highest BCUT2D eigenvalue weighted by molar-refractivity contribution is 5.79. The third-order valence-electron chi connectivity index (χ3n) is 3.37. The second-order valence-electron chi connectivity index (χ2n) is 5.09. The van der Waals surface area contributed by atoms with Crippen LogP contribution in [0.25, 0.3) is 0 Å². The first-order valence-corrected chi connectivity index (χ1v) is 7.05. The number of alkyl halides is 3. The van der Waals surface area contributed by atoms with Gasteiger partial charge in [-0.15, -0.1) is 0 Å². The largest absolute Gasteiger partial charge is 0.490 e. The summed E-state index contributed by atoms with van der Waals surface area (Å²) in [6, 6.07) is 2.93. The molecule has 0 spiro atoms. The summed E-state index contributed by atoms with van der Waals surface area (Å²) in [5, 5.41) is 0. The van der Waals surface area contributed by atoms with Crippen molar-refractivity contribution in [2.45, 2.75) is 25.1 Å². The van der Waals surface area contributed by atoms with Gasteiger partial charge in [-0.25, -0.2) is 14.6 Å². The number of piperidine rings is 1. The molecular formula is C14H14F4N2O4. The van der Waals surface area contributed by atoms with E-state index in [1.54, 1.807) is 6.07 Å². The summed E-state index contributed by atoms with van der Waals surface area (Å²) < 4.78 is 57.6. The van der Waals surface area contributed by atoms with Gasteiger partial charge in [0, 0.05) is 43.9 Å². The van der Waals surface area contributed by atoms with Crippen LogP contribution < -0.4 is 4.90 Å². The quantitative estimate of drug-likeness (QED) is 0.469. The SMILES string of the molecule is O=C(COC(=O)C(F)(F)F)OC1CCN(c2ccnc(F)c2)CC1. The van der Waals surface area contributed by atoms with E-state index < -0.39 is 36.8 Å². The Morgan fingerprint density at radius 3 is 2.54 bits per heavy atom. The van der Waals surface area contributed by atoms with Crippen molar-refractivity contribution in [1.82, 2.24) is 4.98 Å². The molecule has 1 aliphatic rings. The Bertz CT molecular complexity index is 601. The number of carbonyl (C=O) groups is 2. The maximum Gasteiger partial charge on any atom is 0.490 e. The molecule has 24 heavy (non-hydrogen) atoms. The number of carbonyl (C=O) groups excluding carboxylic acids is 2. The van der Waals surface area contributed by atoms with Crippen molar-refractivity contribution in [3.63, 3.8) is 0 Å². The highest BCUT2D eigenvalue weighted by Crippen LogP contribution is 2.21. The summed E-state index contributed by atoms with van der Waals surface area (Å²) in [4.78, 5) is 27.2. The molecule has 0 unspecified atom stereocenters. The van der Waals surface area contributed by atoms with Crippen molar-refractivity contribution in [2.75, 3.05) is 24.6 Å². The van der Waals surface area contributed by atoms with Crippen LogP contribution >= 0.6 is 0 Å². The molecule has 2 heterocycles. The van der Waals surface area contributed by atoms with Crippen LogP contribution in [-0.4, -0.2) is 48.9 Å². The number of anilines is 1. The number of esters is 2. The summed E-state index contributed by atoms with van der Waals surface area (Å²) in [6.07, 6.45) is -3.46. The van der Waals surface area contributed by atoms with Gasteiger partial charge in [0.15, 0.2) is 6.61 Å². The average molecular weight is 350 g/mol. The Morgan fingerprint density at radius 2 is 1.96 bits per heavy atom. The van der Waals surface area contributed by atoms with Crippen LogP contribution in [0.3, 0.4) is 0 Å². The van der Waals surface area contributed by atoms with Crippen LogP contribution in [-0.2, 0) is 19.1 Å². The number of halogens is 4. The molecule has 0 radical (unpaired) electrons. The van der Waals surface area contributed by atoms with E-state index in [9.17, 15) is 27.2 Å². The smallest absolute Gasteiger partial charge is 0.460 e. The molecule has 0 bridgehead atoms. The van der Waals surface area contributed by atoms with Crippen molar-refractivity contribution >= 4 is 17.6 Å². The van der Waals surface area contributed by atoms with E-state index in [1.807, 2.05) is 4.90 Å². The van der Waals surface area contributed by atoms with Gasteiger partial charge in [0.05, 0.1) is 0 Å². The fraction of sp³-hybridized carbons (Fsp3) is 0.500. The van der Waals surface area contributed by atoms with Crippen LogP contribution in [0, 0.1) is 5.95 Å². The summed E-state index contributed by atoms with van der Waals surface area (Å²) in [5.41, 5.74) is 0.645. The maximum absolute atomic E-state index is 13.1. The first kappa shape index (κ1) is 18.0. The fourth-order valence-electron chi connectivity index (χ4n) is 2.25. The topological polar surface area (TPSA) is 68.7 Å². The van der Waals surface area contributed by atoms with E-state index in [0.717, 1.165) is 0 Å². The first-order chi connectivity index (χ1) is 11.3. The Hall–Kier alpha value is -2.39. The monoisotopic (exact) mass is 350 g/mol. The highest BCUT2D eigenvalue weighted by atomic mass is 19.4. The number of ether oxygens (including phenoxy) is 2. The molecule has 0 atom stereocenters. The summed E-state index contributed by atoms with van der Waals surface area (Å²) in [6.45, 7) is -0.137. The van der Waals surface area contributed by atoms with Crippen LogP contribution in [0.5, 0.6) is 0 Å². The lowest BCUT2D eigenvalue weighted by atomic mass is 10.1. The molecule has 10 heteroatoms. The lowest BCUT2D eigenvalue weighted by molar-refractivity contribution is -0.202. The van der Waals surface area contributed by atoms with E-state index in [4.69, 9.17) is 4.74 Å². The third-order valence-corrected chi connectivity index (χ3v) is 3.37. The van der Waals surface area contributed by atoms with E-state index in [1.165, 1.54) is 12.3 Å². The van der Waals surface area contributed by atoms with E-state index >= 15 is 0 Å². The summed E-state index contributed by atoms with van der Waals surface area (Å²) in [7, 11) is 0. The number of aromatic nitrogens is 1. The molecule has 1 aromatic heterocycles.